The van der Waals surface area contributed by atoms with Crippen molar-refractivity contribution in [3.8, 4) is 0 Å². The zero-order valence-electron chi connectivity index (χ0n) is 5.58. The van der Waals surface area contributed by atoms with Crippen molar-refractivity contribution in [3.05, 3.63) is 11.9 Å². The predicted molar refractivity (Wildman–Crippen MR) is 34.4 cm³/mol. The molecule has 0 aromatic carbocycles. The van der Waals surface area contributed by atoms with Crippen molar-refractivity contribution in [1.82, 2.24) is 0 Å². The first-order valence-corrected chi connectivity index (χ1v) is 3.12. The summed E-state index contributed by atoms with van der Waals surface area (Å²) < 4.78 is 12.2. The zero-order chi connectivity index (χ0) is 6.41. The van der Waals surface area contributed by atoms with Crippen LogP contribution in [0, 0.1) is 0 Å². The predicted octanol–water partition coefficient (Wildman–Crippen LogP) is 3.05. The van der Waals surface area contributed by atoms with Gasteiger partial charge in [-0.15, -0.1) is 0 Å². The number of halogens is 1. The monoisotopic (exact) mass is 116 g/mol. The molecular weight excluding hydrogens is 103 g/mol. The Kier molecular flexibility index (Phi) is 4.62. The Morgan fingerprint density at radius 1 is 1.62 bits per heavy atom. The quantitative estimate of drug-likeness (QED) is 0.531. The molecule has 48 valence electrons. The van der Waals surface area contributed by atoms with Crippen LogP contribution in [0.4, 0.5) is 4.39 Å². The van der Waals surface area contributed by atoms with Crippen LogP contribution in [0.3, 0.4) is 0 Å². The van der Waals surface area contributed by atoms with E-state index in [0.29, 0.717) is 6.42 Å². The molecule has 0 heterocycles. The van der Waals surface area contributed by atoms with Gasteiger partial charge in [-0.2, -0.15) is 0 Å². The van der Waals surface area contributed by atoms with Crippen LogP contribution in [-0.4, -0.2) is 0 Å². The summed E-state index contributed by atoms with van der Waals surface area (Å²) >= 11 is 0. The lowest BCUT2D eigenvalue weighted by Gasteiger charge is -1.90. The third kappa shape index (κ3) is 3.85. The van der Waals surface area contributed by atoms with Gasteiger partial charge in [0.1, 0.15) is 0 Å². The molecule has 1 heteroatoms. The molecule has 0 aliphatic carbocycles. The fraction of sp³-hybridized carbons (Fsp3) is 0.714. The van der Waals surface area contributed by atoms with E-state index in [1.807, 2.05) is 0 Å². The van der Waals surface area contributed by atoms with Crippen molar-refractivity contribution in [2.75, 3.05) is 0 Å². The summed E-state index contributed by atoms with van der Waals surface area (Å²) in [5.41, 5.74) is 0. The van der Waals surface area contributed by atoms with Gasteiger partial charge in [0.05, 0.1) is 5.83 Å². The molecule has 0 saturated carbocycles. The maximum absolute atomic E-state index is 12.2. The van der Waals surface area contributed by atoms with Crippen molar-refractivity contribution < 1.29 is 4.39 Å². The fourth-order valence-corrected chi connectivity index (χ4v) is 0.490. The molecule has 0 N–H and O–H groups in total. The summed E-state index contributed by atoms with van der Waals surface area (Å²) in [6.45, 7) is 3.79. The van der Waals surface area contributed by atoms with E-state index in [1.54, 1.807) is 6.92 Å². The minimum Gasteiger partial charge on any atom is -0.212 e. The van der Waals surface area contributed by atoms with Crippen LogP contribution in [0.15, 0.2) is 11.9 Å². The van der Waals surface area contributed by atoms with E-state index in [1.165, 1.54) is 6.08 Å². The van der Waals surface area contributed by atoms with Gasteiger partial charge in [0.25, 0.3) is 0 Å². The molecule has 0 saturated heterocycles. The van der Waals surface area contributed by atoms with E-state index in [2.05, 4.69) is 6.92 Å². The SMILES string of the molecule is CC=C(F)CCCC. The Morgan fingerprint density at radius 2 is 2.25 bits per heavy atom. The van der Waals surface area contributed by atoms with E-state index >= 15 is 0 Å². The second-order valence-corrected chi connectivity index (χ2v) is 1.84. The number of rotatable bonds is 3. The van der Waals surface area contributed by atoms with Gasteiger partial charge in [0, 0.05) is 0 Å². The summed E-state index contributed by atoms with van der Waals surface area (Å²) in [6.07, 6.45) is 4.18. The summed E-state index contributed by atoms with van der Waals surface area (Å²) in [7, 11) is 0. The van der Waals surface area contributed by atoms with Crippen molar-refractivity contribution in [2.24, 2.45) is 0 Å². The summed E-state index contributed by atoms with van der Waals surface area (Å²) in [5, 5.41) is 0. The number of allylic oxidation sites excluding steroid dienone is 2. The highest BCUT2D eigenvalue weighted by atomic mass is 19.1. The van der Waals surface area contributed by atoms with Gasteiger partial charge in [-0.25, -0.2) is 4.39 Å². The largest absolute Gasteiger partial charge is 0.212 e. The normalized spacial score (nSPS) is 12.1. The van der Waals surface area contributed by atoms with E-state index in [-0.39, 0.29) is 5.83 Å². The molecule has 0 aromatic rings. The first-order valence-electron chi connectivity index (χ1n) is 3.12. The highest BCUT2D eigenvalue weighted by Gasteiger charge is 1.88. The maximum Gasteiger partial charge on any atom is 0.0957 e. The molecule has 0 aliphatic rings. The zero-order valence-corrected chi connectivity index (χ0v) is 5.58. The third-order valence-corrected chi connectivity index (χ3v) is 1.08. The highest BCUT2D eigenvalue weighted by Crippen LogP contribution is 2.06. The van der Waals surface area contributed by atoms with E-state index in [9.17, 15) is 4.39 Å². The molecule has 0 aliphatic heterocycles. The topological polar surface area (TPSA) is 0 Å². The molecule has 0 unspecified atom stereocenters. The second-order valence-electron chi connectivity index (χ2n) is 1.84. The Labute approximate surface area is 50.4 Å². The first kappa shape index (κ1) is 7.67. The lowest BCUT2D eigenvalue weighted by atomic mass is 10.2. The Balaban J connectivity index is 3.12. The first-order chi connectivity index (χ1) is 3.81. The highest BCUT2D eigenvalue weighted by molar-refractivity contribution is 4.87. The van der Waals surface area contributed by atoms with Gasteiger partial charge in [0.2, 0.25) is 0 Å². The molecule has 0 radical (unpaired) electrons. The lowest BCUT2D eigenvalue weighted by molar-refractivity contribution is 0.568. The van der Waals surface area contributed by atoms with Crippen molar-refractivity contribution in [2.45, 2.75) is 33.1 Å². The Hall–Kier alpha value is -0.330. The molecule has 0 spiro atoms. The van der Waals surface area contributed by atoms with E-state index < -0.39 is 0 Å². The van der Waals surface area contributed by atoms with Gasteiger partial charge in [0.15, 0.2) is 0 Å². The molecular formula is C7H13F. The summed E-state index contributed by atoms with van der Waals surface area (Å²) in [4.78, 5) is 0. The van der Waals surface area contributed by atoms with Gasteiger partial charge in [-0.05, 0) is 19.8 Å². The van der Waals surface area contributed by atoms with Crippen LogP contribution in [-0.2, 0) is 0 Å². The standard InChI is InChI=1S/C7H13F/c1-3-5-6-7(8)4-2/h4H,3,5-6H2,1-2H3. The molecule has 0 nitrogen and oxygen atoms in total. The molecule has 0 fully saturated rings. The summed E-state index contributed by atoms with van der Waals surface area (Å²) in [6, 6.07) is 0. The Bertz CT molecular complexity index is 74.5. The maximum atomic E-state index is 12.2. The van der Waals surface area contributed by atoms with Gasteiger partial charge in [-0.3, -0.25) is 0 Å². The molecule has 8 heavy (non-hydrogen) atoms. The van der Waals surface area contributed by atoms with Crippen LogP contribution in [0.25, 0.3) is 0 Å². The molecule has 0 bridgehead atoms. The van der Waals surface area contributed by atoms with Crippen LogP contribution < -0.4 is 0 Å². The second kappa shape index (κ2) is 4.82. The fourth-order valence-electron chi connectivity index (χ4n) is 0.490. The average Bonchev–Trinajstić information content (AvgIpc) is 1.83. The molecule has 0 amide bonds. The molecule has 0 aromatic heterocycles. The van der Waals surface area contributed by atoms with Crippen molar-refractivity contribution in [1.29, 1.82) is 0 Å². The number of unbranched alkanes of at least 4 members (excludes halogenated alkanes) is 1. The van der Waals surface area contributed by atoms with Crippen molar-refractivity contribution in [3.63, 3.8) is 0 Å². The lowest BCUT2D eigenvalue weighted by Crippen LogP contribution is -1.72. The van der Waals surface area contributed by atoms with Crippen LogP contribution >= 0.6 is 0 Å². The minimum atomic E-state index is 0.0202. The van der Waals surface area contributed by atoms with E-state index in [0.717, 1.165) is 12.8 Å². The smallest absolute Gasteiger partial charge is 0.0957 e. The minimum absolute atomic E-state index is 0.0202. The number of hydrogen-bond acceptors (Lipinski definition) is 0. The van der Waals surface area contributed by atoms with Gasteiger partial charge in [-0.1, -0.05) is 19.4 Å². The number of hydrogen-bond donors (Lipinski definition) is 0. The van der Waals surface area contributed by atoms with E-state index in [4.69, 9.17) is 0 Å². The Morgan fingerprint density at radius 3 is 2.62 bits per heavy atom. The molecule has 0 atom stereocenters. The van der Waals surface area contributed by atoms with Gasteiger partial charge >= 0.3 is 0 Å². The van der Waals surface area contributed by atoms with Crippen LogP contribution in [0.5, 0.6) is 0 Å². The average molecular weight is 116 g/mol. The van der Waals surface area contributed by atoms with Gasteiger partial charge < -0.3 is 0 Å². The summed E-state index contributed by atoms with van der Waals surface area (Å²) in [5.74, 6) is 0.0202. The third-order valence-electron chi connectivity index (χ3n) is 1.08. The van der Waals surface area contributed by atoms with Crippen molar-refractivity contribution >= 4 is 0 Å². The van der Waals surface area contributed by atoms with Crippen LogP contribution in [0.2, 0.25) is 0 Å². The van der Waals surface area contributed by atoms with Crippen LogP contribution in [0.1, 0.15) is 33.1 Å². The molecule has 0 rings (SSSR count).